The van der Waals surface area contributed by atoms with Crippen molar-refractivity contribution in [2.75, 3.05) is 34.0 Å². The molecule has 0 atom stereocenters. The maximum absolute atomic E-state index is 10.6. The van der Waals surface area contributed by atoms with Crippen LogP contribution < -0.4 is 28.4 Å². The molecule has 0 saturated carbocycles. The summed E-state index contributed by atoms with van der Waals surface area (Å²) >= 11 is 0. The highest BCUT2D eigenvalue weighted by atomic mass is 16.5. The largest absolute Gasteiger partial charge is 0.496 e. The Balaban J connectivity index is 0.000000629. The standard InChI is InChI=1S/C44H52N2O4.C12H16O2.C10H12/c1-7-12-16-20-24-47-41-30-37(42(28-35(41)6)48-25-21-17-13-8-2)29-38(34-46)40-32-43(49-26-22-18-14-9-3)39(36(11-5)33-45)31-44(40)50-27-23-19-15-10-4;1-5-6-10-8-11(13-3)9(2)7-12(10)14-4;1-3-4-10-7-5-9(2)6-8-10/h3,11,28-32H,7-8,10,12-13,15-17,19-21,23-25,27H2,1-2,4-6H3;5-8H,1-4H3;3-8H,1-2H3/b36-11+,38-29+;;4-3+. The molecule has 0 aromatic heterocycles. The average molecular weight is 997 g/mol. The lowest BCUT2D eigenvalue weighted by Gasteiger charge is -2.17. The molecule has 0 radical (unpaired) electrons. The van der Waals surface area contributed by atoms with Crippen molar-refractivity contribution in [3.05, 3.63) is 123 Å². The van der Waals surface area contributed by atoms with E-state index >= 15 is 0 Å². The summed E-state index contributed by atoms with van der Waals surface area (Å²) in [4.78, 5) is 0. The van der Waals surface area contributed by atoms with E-state index < -0.39 is 0 Å². The minimum Gasteiger partial charge on any atom is -0.496 e. The fraction of sp³-hybridized carbons (Fsp3) is 0.394. The van der Waals surface area contributed by atoms with Crippen LogP contribution in [0.2, 0.25) is 0 Å². The number of terminal acetylenes is 1. The number of nitriles is 2. The number of rotatable bonds is 26. The Kier molecular flexibility index (Phi) is 32.0. The van der Waals surface area contributed by atoms with Crippen LogP contribution in [0.4, 0.5) is 0 Å². The van der Waals surface area contributed by atoms with Crippen molar-refractivity contribution in [1.29, 1.82) is 10.5 Å². The minimum absolute atomic E-state index is 0.288. The van der Waals surface area contributed by atoms with E-state index in [4.69, 9.17) is 34.8 Å². The normalized spacial score (nSPS) is 10.7. The van der Waals surface area contributed by atoms with Gasteiger partial charge in [-0.15, -0.1) is 6.42 Å². The molecule has 0 fully saturated rings. The molecule has 0 amide bonds. The number of methoxy groups -OCH3 is 2. The van der Waals surface area contributed by atoms with Gasteiger partial charge in [0.05, 0.1) is 57.3 Å². The van der Waals surface area contributed by atoms with Gasteiger partial charge in [-0.1, -0.05) is 139 Å². The van der Waals surface area contributed by atoms with Crippen molar-refractivity contribution >= 4 is 29.4 Å². The lowest BCUT2D eigenvalue weighted by molar-refractivity contribution is 0.295. The molecule has 0 aliphatic rings. The van der Waals surface area contributed by atoms with Gasteiger partial charge in [-0.2, -0.15) is 10.5 Å². The predicted octanol–water partition coefficient (Wildman–Crippen LogP) is 16.9. The van der Waals surface area contributed by atoms with E-state index in [0.717, 1.165) is 110 Å². The van der Waals surface area contributed by atoms with Gasteiger partial charge in [0.1, 0.15) is 40.6 Å². The molecule has 4 aromatic carbocycles. The molecular formula is C66H80N2O6. The van der Waals surface area contributed by atoms with Gasteiger partial charge in [-0.25, -0.2) is 0 Å². The first-order valence-corrected chi connectivity index (χ1v) is 26.1. The Morgan fingerprint density at radius 1 is 0.527 bits per heavy atom. The first kappa shape index (κ1) is 62.4. The van der Waals surface area contributed by atoms with Gasteiger partial charge in [-0.3, -0.25) is 0 Å². The van der Waals surface area contributed by atoms with Crippen molar-refractivity contribution in [2.45, 2.75) is 139 Å². The first-order valence-electron chi connectivity index (χ1n) is 26.1. The fourth-order valence-electron chi connectivity index (χ4n) is 7.42. The lowest BCUT2D eigenvalue weighted by Crippen LogP contribution is -2.04. The minimum atomic E-state index is 0.288. The van der Waals surface area contributed by atoms with Crippen LogP contribution in [0.5, 0.6) is 34.5 Å². The molecular weight excluding hydrogens is 917 g/mol. The summed E-state index contributed by atoms with van der Waals surface area (Å²) < 4.78 is 35.2. The highest BCUT2D eigenvalue weighted by Gasteiger charge is 2.20. The Bertz CT molecular complexity index is 2710. The molecule has 0 unspecified atom stereocenters. The van der Waals surface area contributed by atoms with Crippen molar-refractivity contribution in [3.8, 4) is 82.8 Å². The molecule has 0 aliphatic carbocycles. The van der Waals surface area contributed by atoms with Crippen molar-refractivity contribution in [3.63, 3.8) is 0 Å². The Hall–Kier alpha value is -7.70. The summed E-state index contributed by atoms with van der Waals surface area (Å²) in [6, 6.07) is 24.4. The molecule has 0 spiro atoms. The third-order valence-corrected chi connectivity index (χ3v) is 11.5. The van der Waals surface area contributed by atoms with Crippen LogP contribution in [0.1, 0.15) is 163 Å². The fourth-order valence-corrected chi connectivity index (χ4v) is 7.42. The first-order chi connectivity index (χ1) is 36.0. The zero-order chi connectivity index (χ0) is 54.4. The van der Waals surface area contributed by atoms with E-state index in [0.29, 0.717) is 53.6 Å². The van der Waals surface area contributed by atoms with Crippen LogP contribution in [0, 0.1) is 79.6 Å². The summed E-state index contributed by atoms with van der Waals surface area (Å²) in [6.45, 7) is 20.1. The number of benzene rings is 4. The van der Waals surface area contributed by atoms with Gasteiger partial charge < -0.3 is 28.4 Å². The van der Waals surface area contributed by atoms with Crippen molar-refractivity contribution in [1.82, 2.24) is 0 Å². The topological polar surface area (TPSA) is 103 Å². The summed E-state index contributed by atoms with van der Waals surface area (Å²) in [5.41, 5.74) is 8.10. The number of hydrogen-bond acceptors (Lipinski definition) is 8. The third-order valence-electron chi connectivity index (χ3n) is 11.5. The average Bonchev–Trinajstić information content (AvgIpc) is 3.40. The van der Waals surface area contributed by atoms with Gasteiger partial charge in [0, 0.05) is 34.1 Å². The van der Waals surface area contributed by atoms with Crippen LogP contribution in [-0.2, 0) is 0 Å². The molecule has 0 bridgehead atoms. The van der Waals surface area contributed by atoms with E-state index in [2.05, 4.69) is 100.0 Å². The zero-order valence-electron chi connectivity index (χ0n) is 46.3. The molecule has 8 nitrogen and oxygen atoms in total. The monoisotopic (exact) mass is 997 g/mol. The van der Waals surface area contributed by atoms with Gasteiger partial charge >= 0.3 is 0 Å². The maximum Gasteiger partial charge on any atom is 0.149 e. The molecule has 0 aliphatic heterocycles. The van der Waals surface area contributed by atoms with Crippen LogP contribution in [0.25, 0.3) is 29.4 Å². The van der Waals surface area contributed by atoms with Crippen LogP contribution in [-0.4, -0.2) is 34.0 Å². The second-order valence-electron chi connectivity index (χ2n) is 17.4. The molecule has 390 valence electrons. The number of unbranched alkanes of at least 4 members (excludes halogenated alkanes) is 9. The van der Waals surface area contributed by atoms with E-state index in [1.807, 2.05) is 70.2 Å². The Morgan fingerprint density at radius 2 is 1.04 bits per heavy atom. The van der Waals surface area contributed by atoms with Gasteiger partial charge in [0.2, 0.25) is 0 Å². The SMILES string of the molecule is C#CC#CC#COc1cc(/C(C#N)=C/c2cc(OCCCCCC)c(C)cc2OCCCCCC)c(OCCCCCC)cc1/C(C#N)=C/C.C/C=C/c1ccc(C)cc1.CC=Cc1cc(OC)c(C)cc1OC. The second kappa shape index (κ2) is 38.0. The summed E-state index contributed by atoms with van der Waals surface area (Å²) in [6.07, 6.45) is 32.2. The molecule has 0 heterocycles. The number of aryl methyl sites for hydroxylation is 3. The number of hydrogen-bond donors (Lipinski definition) is 0. The van der Waals surface area contributed by atoms with Gasteiger partial charge in [0.15, 0.2) is 0 Å². The summed E-state index contributed by atoms with van der Waals surface area (Å²) in [7, 11) is 3.35. The molecule has 4 aromatic rings. The second-order valence-corrected chi connectivity index (χ2v) is 17.4. The van der Waals surface area contributed by atoms with Crippen LogP contribution in [0.3, 0.4) is 0 Å². The third kappa shape index (κ3) is 22.8. The molecule has 0 N–H and O–H groups in total. The van der Waals surface area contributed by atoms with E-state index in [9.17, 15) is 10.5 Å². The highest BCUT2D eigenvalue weighted by Crippen LogP contribution is 2.39. The smallest absolute Gasteiger partial charge is 0.149 e. The summed E-state index contributed by atoms with van der Waals surface area (Å²) in [5, 5.41) is 20.6. The van der Waals surface area contributed by atoms with Crippen LogP contribution >= 0.6 is 0 Å². The zero-order valence-corrected chi connectivity index (χ0v) is 46.3. The number of nitrogens with zero attached hydrogens (tertiary/aromatic N) is 2. The number of ether oxygens (including phenoxy) is 6. The lowest BCUT2D eigenvalue weighted by atomic mass is 9.96. The van der Waals surface area contributed by atoms with Crippen molar-refractivity contribution in [2.24, 2.45) is 0 Å². The van der Waals surface area contributed by atoms with E-state index in [-0.39, 0.29) is 5.75 Å². The highest BCUT2D eigenvalue weighted by molar-refractivity contribution is 5.95. The van der Waals surface area contributed by atoms with Gasteiger partial charge in [-0.05, 0) is 132 Å². The molecule has 0 saturated heterocycles. The predicted molar refractivity (Wildman–Crippen MR) is 309 cm³/mol. The summed E-state index contributed by atoms with van der Waals surface area (Å²) in [5.74, 6) is 13.7. The Labute approximate surface area is 446 Å². The van der Waals surface area contributed by atoms with E-state index in [1.54, 1.807) is 45.4 Å². The molecule has 4 rings (SSSR count). The quantitative estimate of drug-likeness (QED) is 0.0265. The van der Waals surface area contributed by atoms with Crippen molar-refractivity contribution < 1.29 is 28.4 Å². The van der Waals surface area contributed by atoms with E-state index in [1.165, 1.54) is 17.5 Å². The molecule has 8 heteroatoms. The number of allylic oxidation sites excluding steroid dienone is 5. The maximum atomic E-state index is 10.6. The Morgan fingerprint density at radius 3 is 1.57 bits per heavy atom. The molecule has 74 heavy (non-hydrogen) atoms. The van der Waals surface area contributed by atoms with Crippen LogP contribution in [0.15, 0.2) is 78.9 Å². The van der Waals surface area contributed by atoms with Gasteiger partial charge in [0.25, 0.3) is 0 Å².